The maximum Gasteiger partial charge on any atom is 0.311 e. The molecule has 0 aliphatic carbocycles. The quantitative estimate of drug-likeness (QED) is 0.164. The van der Waals surface area contributed by atoms with Crippen LogP contribution >= 0.6 is 0 Å². The van der Waals surface area contributed by atoms with E-state index < -0.39 is 24.1 Å². The van der Waals surface area contributed by atoms with Gasteiger partial charge in [-0.25, -0.2) is 0 Å². The molecule has 0 amide bonds. The SMILES string of the molecule is CC(C(=O)O)C(O)O.CCCCCCC(O)CCCCCCCCCCC(=O)O. The zero-order valence-electron chi connectivity index (χ0n) is 18.4. The van der Waals surface area contributed by atoms with Crippen LogP contribution in [-0.2, 0) is 9.59 Å². The number of hydrogen-bond donors (Lipinski definition) is 5. The smallest absolute Gasteiger partial charge is 0.311 e. The van der Waals surface area contributed by atoms with E-state index in [2.05, 4.69) is 6.92 Å². The number of unbranched alkanes of at least 4 members (excludes halogenated alkanes) is 10. The Labute approximate surface area is 176 Å². The number of carboxylic acid groups (broad SMARTS) is 2. The van der Waals surface area contributed by atoms with Crippen molar-refractivity contribution in [1.29, 1.82) is 0 Å². The number of hydrogen-bond acceptors (Lipinski definition) is 5. The molecule has 5 N–H and O–H groups in total. The number of aliphatic hydroxyl groups is 3. The highest BCUT2D eigenvalue weighted by Crippen LogP contribution is 2.14. The van der Waals surface area contributed by atoms with Crippen LogP contribution in [0.1, 0.15) is 110 Å². The molecule has 0 aliphatic heterocycles. The van der Waals surface area contributed by atoms with Gasteiger partial charge in [0.1, 0.15) is 5.92 Å². The number of carboxylic acids is 2. The van der Waals surface area contributed by atoms with Crippen LogP contribution in [0.3, 0.4) is 0 Å². The largest absolute Gasteiger partial charge is 0.481 e. The van der Waals surface area contributed by atoms with E-state index in [0.29, 0.717) is 6.42 Å². The van der Waals surface area contributed by atoms with Crippen LogP contribution in [0.25, 0.3) is 0 Å². The van der Waals surface area contributed by atoms with Gasteiger partial charge in [0.2, 0.25) is 0 Å². The van der Waals surface area contributed by atoms with Crippen molar-refractivity contribution in [2.75, 3.05) is 0 Å². The molecule has 0 saturated heterocycles. The molecule has 0 rings (SSSR count). The molecule has 0 aliphatic rings. The number of aliphatic hydroxyl groups excluding tert-OH is 2. The summed E-state index contributed by atoms with van der Waals surface area (Å²) in [6.07, 6.45) is 14.5. The van der Waals surface area contributed by atoms with Crippen LogP contribution in [-0.4, -0.2) is 49.9 Å². The Morgan fingerprint density at radius 3 is 1.45 bits per heavy atom. The summed E-state index contributed by atoms with van der Waals surface area (Å²) in [5.41, 5.74) is 0. The molecule has 0 heterocycles. The molecule has 0 fully saturated rings. The summed E-state index contributed by atoms with van der Waals surface area (Å²) in [4.78, 5) is 20.2. The van der Waals surface area contributed by atoms with E-state index in [4.69, 9.17) is 20.4 Å². The average Bonchev–Trinajstić information content (AvgIpc) is 2.66. The van der Waals surface area contributed by atoms with Crippen molar-refractivity contribution in [2.45, 2.75) is 123 Å². The summed E-state index contributed by atoms with van der Waals surface area (Å²) in [5, 5.41) is 42.7. The monoisotopic (exact) mass is 420 g/mol. The van der Waals surface area contributed by atoms with Crippen molar-refractivity contribution in [3.63, 3.8) is 0 Å². The molecule has 2 unspecified atom stereocenters. The van der Waals surface area contributed by atoms with E-state index in [1.807, 2.05) is 0 Å². The summed E-state index contributed by atoms with van der Waals surface area (Å²) in [5.74, 6) is -2.99. The summed E-state index contributed by atoms with van der Waals surface area (Å²) >= 11 is 0. The fourth-order valence-corrected chi connectivity index (χ4v) is 2.80. The van der Waals surface area contributed by atoms with E-state index in [-0.39, 0.29) is 6.10 Å². The predicted molar refractivity (Wildman–Crippen MR) is 114 cm³/mol. The van der Waals surface area contributed by atoms with Gasteiger partial charge in [-0.05, 0) is 26.2 Å². The Morgan fingerprint density at radius 1 is 0.690 bits per heavy atom. The molecule has 0 bridgehead atoms. The van der Waals surface area contributed by atoms with Gasteiger partial charge in [-0.3, -0.25) is 9.59 Å². The molecule has 7 nitrogen and oxygen atoms in total. The minimum absolute atomic E-state index is 0.0853. The molecular weight excluding hydrogens is 376 g/mol. The molecule has 29 heavy (non-hydrogen) atoms. The second-order valence-corrected chi connectivity index (χ2v) is 7.80. The summed E-state index contributed by atoms with van der Waals surface area (Å²) in [6.45, 7) is 3.43. The lowest BCUT2D eigenvalue weighted by Crippen LogP contribution is -2.24. The second kappa shape index (κ2) is 21.5. The minimum Gasteiger partial charge on any atom is -0.481 e. The Bertz CT molecular complexity index is 385. The van der Waals surface area contributed by atoms with E-state index >= 15 is 0 Å². The molecule has 0 aromatic heterocycles. The molecule has 7 heteroatoms. The zero-order chi connectivity index (χ0) is 22.5. The van der Waals surface area contributed by atoms with E-state index in [0.717, 1.165) is 38.5 Å². The average molecular weight is 421 g/mol. The fourth-order valence-electron chi connectivity index (χ4n) is 2.80. The van der Waals surface area contributed by atoms with Crippen LogP contribution in [0.2, 0.25) is 0 Å². The standard InChI is InChI=1S/C18H36O3.C4H8O4/c1-2-3-4-11-14-17(19)15-12-9-7-5-6-8-10-13-16-18(20)21;1-2(3(5)6)4(7)8/h17,19H,2-16H2,1H3,(H,20,21);2-3,5-6H,1H3,(H,7,8). The molecule has 0 saturated carbocycles. The zero-order valence-corrected chi connectivity index (χ0v) is 18.4. The maximum absolute atomic E-state index is 10.3. The Morgan fingerprint density at radius 2 is 1.10 bits per heavy atom. The van der Waals surface area contributed by atoms with E-state index in [9.17, 15) is 14.7 Å². The van der Waals surface area contributed by atoms with Gasteiger partial charge in [0.15, 0.2) is 6.29 Å². The molecule has 2 atom stereocenters. The van der Waals surface area contributed by atoms with Gasteiger partial charge in [-0.15, -0.1) is 0 Å². The van der Waals surface area contributed by atoms with Crippen molar-refractivity contribution >= 4 is 11.9 Å². The summed E-state index contributed by atoms with van der Waals surface area (Å²) < 4.78 is 0. The van der Waals surface area contributed by atoms with Gasteiger partial charge >= 0.3 is 11.9 Å². The highest BCUT2D eigenvalue weighted by Gasteiger charge is 2.17. The topological polar surface area (TPSA) is 135 Å². The van der Waals surface area contributed by atoms with Crippen molar-refractivity contribution in [3.05, 3.63) is 0 Å². The lowest BCUT2D eigenvalue weighted by Gasteiger charge is -2.10. The molecule has 0 aromatic carbocycles. The Kier molecular flexibility index (Phi) is 22.3. The molecule has 0 spiro atoms. The lowest BCUT2D eigenvalue weighted by molar-refractivity contribution is -0.156. The highest BCUT2D eigenvalue weighted by molar-refractivity contribution is 5.69. The van der Waals surface area contributed by atoms with Crippen LogP contribution in [0.15, 0.2) is 0 Å². The van der Waals surface area contributed by atoms with Crippen molar-refractivity contribution in [3.8, 4) is 0 Å². The lowest BCUT2D eigenvalue weighted by atomic mass is 10.0. The van der Waals surface area contributed by atoms with Gasteiger partial charge in [-0.2, -0.15) is 0 Å². The first-order valence-corrected chi connectivity index (χ1v) is 11.2. The van der Waals surface area contributed by atoms with Gasteiger partial charge in [0, 0.05) is 6.42 Å². The number of aliphatic carboxylic acids is 2. The van der Waals surface area contributed by atoms with Gasteiger partial charge in [0.25, 0.3) is 0 Å². The van der Waals surface area contributed by atoms with Gasteiger partial charge in [0.05, 0.1) is 6.10 Å². The number of rotatable bonds is 18. The first-order chi connectivity index (χ1) is 13.7. The summed E-state index contributed by atoms with van der Waals surface area (Å²) in [6, 6.07) is 0. The fraction of sp³-hybridized carbons (Fsp3) is 0.909. The number of carbonyl (C=O) groups is 2. The molecule has 174 valence electrons. The minimum atomic E-state index is -1.76. The third-order valence-electron chi connectivity index (χ3n) is 4.91. The Hall–Kier alpha value is -1.18. The van der Waals surface area contributed by atoms with Crippen LogP contribution in [0.4, 0.5) is 0 Å². The molecule has 0 radical (unpaired) electrons. The van der Waals surface area contributed by atoms with Crippen LogP contribution in [0, 0.1) is 5.92 Å². The molecular formula is C22H44O7. The third-order valence-corrected chi connectivity index (χ3v) is 4.91. The van der Waals surface area contributed by atoms with Crippen molar-refractivity contribution in [2.24, 2.45) is 5.92 Å². The van der Waals surface area contributed by atoms with Crippen molar-refractivity contribution in [1.82, 2.24) is 0 Å². The molecule has 0 aromatic rings. The third kappa shape index (κ3) is 24.8. The van der Waals surface area contributed by atoms with Crippen LogP contribution < -0.4 is 0 Å². The first-order valence-electron chi connectivity index (χ1n) is 11.2. The first kappa shape index (κ1) is 30.0. The van der Waals surface area contributed by atoms with Crippen molar-refractivity contribution < 1.29 is 35.1 Å². The van der Waals surface area contributed by atoms with Gasteiger partial charge in [-0.1, -0.05) is 77.6 Å². The predicted octanol–water partition coefficient (Wildman–Crippen LogP) is 4.32. The highest BCUT2D eigenvalue weighted by atomic mass is 16.5. The second-order valence-electron chi connectivity index (χ2n) is 7.80. The maximum atomic E-state index is 10.3. The van der Waals surface area contributed by atoms with Crippen LogP contribution in [0.5, 0.6) is 0 Å². The van der Waals surface area contributed by atoms with E-state index in [1.165, 1.54) is 58.3 Å². The van der Waals surface area contributed by atoms with E-state index in [1.54, 1.807) is 0 Å². The normalized spacial score (nSPS) is 12.9. The Balaban J connectivity index is 0. The van der Waals surface area contributed by atoms with Gasteiger partial charge < -0.3 is 25.5 Å². The summed E-state index contributed by atoms with van der Waals surface area (Å²) in [7, 11) is 0.